The van der Waals surface area contributed by atoms with E-state index in [1.807, 2.05) is 11.8 Å². The smallest absolute Gasteiger partial charge is 0.124 e. The molecule has 0 bridgehead atoms. The van der Waals surface area contributed by atoms with Gasteiger partial charge in [-0.05, 0) is 24.1 Å². The summed E-state index contributed by atoms with van der Waals surface area (Å²) in [7, 11) is 0. The van der Waals surface area contributed by atoms with Gasteiger partial charge in [0.1, 0.15) is 12.4 Å². The van der Waals surface area contributed by atoms with E-state index < -0.39 is 0 Å². The molecule has 3 rings (SSSR count). The number of hydrogen-bond acceptors (Lipinski definition) is 3. The monoisotopic (exact) mass is 207 g/mol. The van der Waals surface area contributed by atoms with E-state index in [2.05, 4.69) is 17.4 Å². The van der Waals surface area contributed by atoms with Crippen molar-refractivity contribution in [2.45, 2.75) is 17.9 Å². The Kier molecular flexibility index (Phi) is 2.14. The Morgan fingerprint density at radius 3 is 3.29 bits per heavy atom. The quantitative estimate of drug-likeness (QED) is 0.701. The lowest BCUT2D eigenvalue weighted by Crippen LogP contribution is -2.16. The Labute approximate surface area is 88.0 Å². The molecule has 1 aromatic rings. The second-order valence-electron chi connectivity index (χ2n) is 3.69. The SMILES string of the molecule is c1c2c(cc3c1CCS3)OCCNC2. The van der Waals surface area contributed by atoms with Crippen molar-refractivity contribution in [2.24, 2.45) is 0 Å². The summed E-state index contributed by atoms with van der Waals surface area (Å²) < 4.78 is 5.70. The lowest BCUT2D eigenvalue weighted by molar-refractivity contribution is 0.325. The van der Waals surface area contributed by atoms with E-state index in [1.165, 1.54) is 28.2 Å². The number of aryl methyl sites for hydroxylation is 1. The van der Waals surface area contributed by atoms with E-state index in [1.54, 1.807) is 0 Å². The summed E-state index contributed by atoms with van der Waals surface area (Å²) in [6.07, 6.45) is 1.22. The number of benzene rings is 1. The molecule has 2 aliphatic heterocycles. The Morgan fingerprint density at radius 2 is 2.29 bits per heavy atom. The maximum Gasteiger partial charge on any atom is 0.124 e. The van der Waals surface area contributed by atoms with Gasteiger partial charge in [0.05, 0.1) is 0 Å². The average Bonchev–Trinajstić information content (AvgIpc) is 2.51. The molecule has 0 saturated carbocycles. The third-order valence-corrected chi connectivity index (χ3v) is 3.82. The van der Waals surface area contributed by atoms with Crippen LogP contribution in [0.15, 0.2) is 17.0 Å². The molecule has 0 atom stereocenters. The van der Waals surface area contributed by atoms with Crippen molar-refractivity contribution in [2.75, 3.05) is 18.9 Å². The number of thioether (sulfide) groups is 1. The molecule has 0 spiro atoms. The van der Waals surface area contributed by atoms with Gasteiger partial charge in [-0.2, -0.15) is 0 Å². The lowest BCUT2D eigenvalue weighted by Gasteiger charge is -2.08. The van der Waals surface area contributed by atoms with Gasteiger partial charge in [-0.25, -0.2) is 0 Å². The topological polar surface area (TPSA) is 21.3 Å². The molecule has 0 amide bonds. The summed E-state index contributed by atoms with van der Waals surface area (Å²) in [5.74, 6) is 2.31. The third kappa shape index (κ3) is 1.41. The van der Waals surface area contributed by atoms with Crippen molar-refractivity contribution in [3.05, 3.63) is 23.3 Å². The summed E-state index contributed by atoms with van der Waals surface area (Å²) >= 11 is 1.95. The van der Waals surface area contributed by atoms with Crippen LogP contribution in [-0.4, -0.2) is 18.9 Å². The Bertz CT molecular complexity index is 332. The van der Waals surface area contributed by atoms with E-state index in [0.29, 0.717) is 0 Å². The van der Waals surface area contributed by atoms with E-state index >= 15 is 0 Å². The zero-order valence-corrected chi connectivity index (χ0v) is 8.82. The van der Waals surface area contributed by atoms with Crippen molar-refractivity contribution < 1.29 is 4.74 Å². The van der Waals surface area contributed by atoms with E-state index in [-0.39, 0.29) is 0 Å². The minimum Gasteiger partial charge on any atom is -0.492 e. The first-order valence-corrected chi connectivity index (χ1v) is 6.04. The molecule has 1 aromatic carbocycles. The molecule has 1 N–H and O–H groups in total. The largest absolute Gasteiger partial charge is 0.492 e. The third-order valence-electron chi connectivity index (χ3n) is 2.72. The fourth-order valence-corrected chi connectivity index (χ4v) is 3.07. The Balaban J connectivity index is 2.06. The number of fused-ring (bicyclic) bond motifs is 2. The first kappa shape index (κ1) is 8.62. The van der Waals surface area contributed by atoms with Crippen molar-refractivity contribution in [3.63, 3.8) is 0 Å². The van der Waals surface area contributed by atoms with Crippen LogP contribution in [0.25, 0.3) is 0 Å². The minimum absolute atomic E-state index is 0.788. The average molecular weight is 207 g/mol. The zero-order chi connectivity index (χ0) is 9.38. The van der Waals surface area contributed by atoms with E-state index in [9.17, 15) is 0 Å². The van der Waals surface area contributed by atoms with Gasteiger partial charge in [0.25, 0.3) is 0 Å². The van der Waals surface area contributed by atoms with Gasteiger partial charge in [-0.1, -0.05) is 0 Å². The second kappa shape index (κ2) is 3.48. The van der Waals surface area contributed by atoms with Crippen LogP contribution in [0, 0.1) is 0 Å². The molecule has 2 nitrogen and oxygen atoms in total. The molecule has 2 aliphatic rings. The Morgan fingerprint density at radius 1 is 1.29 bits per heavy atom. The van der Waals surface area contributed by atoms with Gasteiger partial charge in [0.2, 0.25) is 0 Å². The van der Waals surface area contributed by atoms with Crippen molar-refractivity contribution >= 4 is 11.8 Å². The lowest BCUT2D eigenvalue weighted by atomic mass is 10.1. The van der Waals surface area contributed by atoms with Crippen LogP contribution < -0.4 is 10.1 Å². The normalized spacial score (nSPS) is 19.4. The fourth-order valence-electron chi connectivity index (χ4n) is 1.99. The van der Waals surface area contributed by atoms with E-state index in [4.69, 9.17) is 4.74 Å². The highest BCUT2D eigenvalue weighted by Crippen LogP contribution is 2.36. The standard InChI is InChI=1S/C11H13NOS/c1-4-14-11-6-10-9(5-8(1)11)7-12-2-3-13-10/h5-6,12H,1-4,7H2. The molecule has 74 valence electrons. The van der Waals surface area contributed by atoms with Crippen LogP contribution in [-0.2, 0) is 13.0 Å². The van der Waals surface area contributed by atoms with Crippen LogP contribution in [0.2, 0.25) is 0 Å². The molecule has 14 heavy (non-hydrogen) atoms. The summed E-state index contributed by atoms with van der Waals surface area (Å²) in [5, 5.41) is 3.36. The highest BCUT2D eigenvalue weighted by Gasteiger charge is 2.17. The summed E-state index contributed by atoms with van der Waals surface area (Å²) in [6, 6.07) is 4.53. The molecule has 0 aliphatic carbocycles. The predicted octanol–water partition coefficient (Wildman–Crippen LogP) is 1.82. The molecule has 0 fully saturated rings. The molecule has 0 saturated heterocycles. The van der Waals surface area contributed by atoms with Crippen LogP contribution in [0.1, 0.15) is 11.1 Å². The van der Waals surface area contributed by atoms with Gasteiger partial charge in [0.15, 0.2) is 0 Å². The van der Waals surface area contributed by atoms with Crippen molar-refractivity contribution in [1.29, 1.82) is 0 Å². The summed E-state index contributed by atoms with van der Waals surface area (Å²) in [4.78, 5) is 1.42. The first-order valence-electron chi connectivity index (χ1n) is 5.05. The second-order valence-corrected chi connectivity index (χ2v) is 4.83. The summed E-state index contributed by atoms with van der Waals surface area (Å²) in [5.41, 5.74) is 2.82. The minimum atomic E-state index is 0.788. The number of rotatable bonds is 0. The molecule has 0 radical (unpaired) electrons. The van der Waals surface area contributed by atoms with Crippen LogP contribution in [0.5, 0.6) is 5.75 Å². The van der Waals surface area contributed by atoms with Gasteiger partial charge >= 0.3 is 0 Å². The van der Waals surface area contributed by atoms with Gasteiger partial charge < -0.3 is 10.1 Å². The summed E-state index contributed by atoms with van der Waals surface area (Å²) in [6.45, 7) is 2.69. The molecular weight excluding hydrogens is 194 g/mol. The number of nitrogens with one attached hydrogen (secondary N) is 1. The maximum absolute atomic E-state index is 5.70. The van der Waals surface area contributed by atoms with E-state index in [0.717, 1.165) is 25.4 Å². The van der Waals surface area contributed by atoms with Crippen LogP contribution in [0.4, 0.5) is 0 Å². The zero-order valence-electron chi connectivity index (χ0n) is 8.01. The van der Waals surface area contributed by atoms with Gasteiger partial charge in [-0.15, -0.1) is 11.8 Å². The van der Waals surface area contributed by atoms with Gasteiger partial charge in [-0.3, -0.25) is 0 Å². The number of ether oxygens (including phenoxy) is 1. The highest BCUT2D eigenvalue weighted by atomic mass is 32.2. The fraction of sp³-hybridized carbons (Fsp3) is 0.455. The maximum atomic E-state index is 5.70. The molecular formula is C11H13NOS. The van der Waals surface area contributed by atoms with Gasteiger partial charge in [0, 0.05) is 29.3 Å². The first-order chi connectivity index (χ1) is 6.93. The molecule has 0 unspecified atom stereocenters. The van der Waals surface area contributed by atoms with Crippen LogP contribution >= 0.6 is 11.8 Å². The molecule has 0 aromatic heterocycles. The Hall–Kier alpha value is -0.670. The predicted molar refractivity (Wildman–Crippen MR) is 58.1 cm³/mol. The van der Waals surface area contributed by atoms with Crippen molar-refractivity contribution in [3.8, 4) is 5.75 Å². The molecule has 2 heterocycles. The van der Waals surface area contributed by atoms with Crippen molar-refractivity contribution in [1.82, 2.24) is 5.32 Å². The highest BCUT2D eigenvalue weighted by molar-refractivity contribution is 7.99. The number of hydrogen-bond donors (Lipinski definition) is 1. The van der Waals surface area contributed by atoms with Crippen LogP contribution in [0.3, 0.4) is 0 Å². The molecule has 3 heteroatoms.